The molecule has 23 heavy (non-hydrogen) atoms. The molecule has 0 aliphatic heterocycles. The van der Waals surface area contributed by atoms with E-state index in [0.717, 1.165) is 25.7 Å². The molecule has 0 saturated heterocycles. The number of nitrogens with zero attached hydrogens (tertiary/aromatic N) is 2. The van der Waals surface area contributed by atoms with Crippen molar-refractivity contribution in [3.05, 3.63) is 11.8 Å². The first-order valence-corrected chi connectivity index (χ1v) is 8.27. The molecule has 1 aromatic heterocycles. The highest BCUT2D eigenvalue weighted by atomic mass is 19.3. The molecule has 1 heterocycles. The molecule has 0 amide bonds. The minimum absolute atomic E-state index is 0.0424. The van der Waals surface area contributed by atoms with Gasteiger partial charge in [0.1, 0.15) is 0 Å². The number of hydrogen-bond donors (Lipinski definition) is 0. The summed E-state index contributed by atoms with van der Waals surface area (Å²) in [7, 11) is 1.41. The Kier molecular flexibility index (Phi) is 4.64. The van der Waals surface area contributed by atoms with Crippen molar-refractivity contribution in [1.29, 1.82) is 0 Å². The van der Waals surface area contributed by atoms with Crippen molar-refractivity contribution in [1.82, 2.24) is 10.2 Å². The number of esters is 1. The van der Waals surface area contributed by atoms with Crippen molar-refractivity contribution in [2.45, 2.75) is 69.1 Å². The molecule has 0 bridgehead atoms. The zero-order valence-corrected chi connectivity index (χ0v) is 13.3. The number of rotatable bonds is 3. The first-order valence-electron chi connectivity index (χ1n) is 8.27. The van der Waals surface area contributed by atoms with Gasteiger partial charge in [0.05, 0.1) is 13.0 Å². The van der Waals surface area contributed by atoms with Gasteiger partial charge in [0.2, 0.25) is 17.7 Å². The first-order chi connectivity index (χ1) is 11.0. The maximum absolute atomic E-state index is 13.2. The molecular weight excluding hydrogens is 306 g/mol. The fraction of sp³-hybridized carbons (Fsp3) is 0.812. The van der Waals surface area contributed by atoms with E-state index in [0.29, 0.717) is 24.6 Å². The van der Waals surface area contributed by atoms with Crippen LogP contribution in [0.4, 0.5) is 8.78 Å². The van der Waals surface area contributed by atoms with Crippen LogP contribution in [0.3, 0.4) is 0 Å². The minimum Gasteiger partial charge on any atom is -0.469 e. The Morgan fingerprint density at radius 3 is 2.09 bits per heavy atom. The Balaban J connectivity index is 1.57. The third kappa shape index (κ3) is 3.70. The zero-order valence-electron chi connectivity index (χ0n) is 13.3. The molecule has 5 nitrogen and oxygen atoms in total. The van der Waals surface area contributed by atoms with Gasteiger partial charge in [-0.05, 0) is 38.5 Å². The molecule has 0 radical (unpaired) electrons. The maximum Gasteiger partial charge on any atom is 0.308 e. The van der Waals surface area contributed by atoms with Crippen LogP contribution in [0.15, 0.2) is 4.42 Å². The van der Waals surface area contributed by atoms with E-state index in [1.165, 1.54) is 7.11 Å². The molecule has 0 unspecified atom stereocenters. The summed E-state index contributed by atoms with van der Waals surface area (Å²) in [5.41, 5.74) is 0. The number of hydrogen-bond acceptors (Lipinski definition) is 5. The maximum atomic E-state index is 13.2. The summed E-state index contributed by atoms with van der Waals surface area (Å²) in [5.74, 6) is -1.57. The summed E-state index contributed by atoms with van der Waals surface area (Å²) in [6.07, 6.45) is 3.69. The van der Waals surface area contributed by atoms with Crippen LogP contribution < -0.4 is 0 Å². The average molecular weight is 328 g/mol. The molecular formula is C16H22F2N2O3. The number of aromatic nitrogens is 2. The fourth-order valence-electron chi connectivity index (χ4n) is 3.61. The summed E-state index contributed by atoms with van der Waals surface area (Å²) < 4.78 is 37.0. The molecule has 2 saturated carbocycles. The molecule has 0 atom stereocenters. The van der Waals surface area contributed by atoms with E-state index in [1.807, 2.05) is 0 Å². The Morgan fingerprint density at radius 2 is 1.57 bits per heavy atom. The van der Waals surface area contributed by atoms with Crippen LogP contribution in [0.25, 0.3) is 0 Å². The molecule has 2 fully saturated rings. The van der Waals surface area contributed by atoms with Gasteiger partial charge >= 0.3 is 5.97 Å². The summed E-state index contributed by atoms with van der Waals surface area (Å²) in [5, 5.41) is 8.20. The van der Waals surface area contributed by atoms with Gasteiger partial charge < -0.3 is 9.15 Å². The van der Waals surface area contributed by atoms with Crippen LogP contribution in [0.2, 0.25) is 0 Å². The largest absolute Gasteiger partial charge is 0.469 e. The van der Waals surface area contributed by atoms with Crippen molar-refractivity contribution in [2.24, 2.45) is 5.92 Å². The molecule has 7 heteroatoms. The number of halogens is 2. The monoisotopic (exact) mass is 328 g/mol. The third-order valence-electron chi connectivity index (χ3n) is 5.13. The molecule has 128 valence electrons. The van der Waals surface area contributed by atoms with Crippen LogP contribution in [-0.2, 0) is 9.53 Å². The highest BCUT2D eigenvalue weighted by Crippen LogP contribution is 2.41. The molecule has 2 aliphatic carbocycles. The molecule has 0 spiro atoms. The number of methoxy groups -OCH3 is 1. The summed E-state index contributed by atoms with van der Waals surface area (Å²) in [4.78, 5) is 11.5. The normalized spacial score (nSPS) is 28.5. The van der Waals surface area contributed by atoms with Gasteiger partial charge in [0, 0.05) is 24.7 Å². The minimum atomic E-state index is -2.55. The van der Waals surface area contributed by atoms with Gasteiger partial charge in [-0.25, -0.2) is 8.78 Å². The second-order valence-corrected chi connectivity index (χ2v) is 6.68. The SMILES string of the molecule is COC(=O)[C@H]1CC[C@H](c2nnc(C3CCC(F)(F)CC3)o2)CC1. The van der Waals surface area contributed by atoms with Gasteiger partial charge in [-0.3, -0.25) is 4.79 Å². The molecule has 0 N–H and O–H groups in total. The topological polar surface area (TPSA) is 65.2 Å². The second kappa shape index (κ2) is 6.53. The van der Waals surface area contributed by atoms with Crippen molar-refractivity contribution in [3.63, 3.8) is 0 Å². The van der Waals surface area contributed by atoms with E-state index in [9.17, 15) is 13.6 Å². The third-order valence-corrected chi connectivity index (χ3v) is 5.13. The van der Waals surface area contributed by atoms with Crippen molar-refractivity contribution in [3.8, 4) is 0 Å². The number of ether oxygens (including phenoxy) is 1. The van der Waals surface area contributed by atoms with Crippen LogP contribution in [0.1, 0.15) is 75.0 Å². The van der Waals surface area contributed by atoms with Crippen molar-refractivity contribution >= 4 is 5.97 Å². The molecule has 0 aromatic carbocycles. The second-order valence-electron chi connectivity index (χ2n) is 6.68. The Morgan fingerprint density at radius 1 is 1.04 bits per heavy atom. The average Bonchev–Trinajstić information content (AvgIpc) is 3.04. The standard InChI is InChI=1S/C16H22F2N2O3/c1-22-15(21)12-4-2-10(3-5-12)13-19-20-14(23-13)11-6-8-16(17,18)9-7-11/h10-12H,2-9H2,1H3/t10-,12-. The smallest absolute Gasteiger partial charge is 0.308 e. The highest BCUT2D eigenvalue weighted by Gasteiger charge is 2.38. The molecule has 2 aliphatic rings. The number of alkyl halides is 2. The Bertz CT molecular complexity index is 543. The van der Waals surface area contributed by atoms with E-state index in [-0.39, 0.29) is 36.6 Å². The van der Waals surface area contributed by atoms with E-state index < -0.39 is 5.92 Å². The van der Waals surface area contributed by atoms with E-state index in [4.69, 9.17) is 9.15 Å². The van der Waals surface area contributed by atoms with E-state index in [2.05, 4.69) is 10.2 Å². The number of carbonyl (C=O) groups excluding carboxylic acids is 1. The Labute approximate surface area is 133 Å². The predicted molar refractivity (Wildman–Crippen MR) is 77.2 cm³/mol. The number of carbonyl (C=O) groups is 1. The van der Waals surface area contributed by atoms with E-state index >= 15 is 0 Å². The lowest BCUT2D eigenvalue weighted by Gasteiger charge is -2.26. The van der Waals surface area contributed by atoms with Crippen molar-refractivity contribution in [2.75, 3.05) is 7.11 Å². The molecule has 3 rings (SSSR count). The van der Waals surface area contributed by atoms with Gasteiger partial charge in [-0.1, -0.05) is 0 Å². The van der Waals surface area contributed by atoms with Gasteiger partial charge in [-0.15, -0.1) is 10.2 Å². The molecule has 1 aromatic rings. The fourth-order valence-corrected chi connectivity index (χ4v) is 3.61. The lowest BCUT2D eigenvalue weighted by molar-refractivity contribution is -0.146. The zero-order chi connectivity index (χ0) is 16.4. The summed E-state index contributed by atoms with van der Waals surface area (Å²) >= 11 is 0. The lowest BCUT2D eigenvalue weighted by atomic mass is 9.82. The predicted octanol–water partition coefficient (Wildman–Crippen LogP) is 3.81. The van der Waals surface area contributed by atoms with E-state index in [1.54, 1.807) is 0 Å². The van der Waals surface area contributed by atoms with Gasteiger partial charge in [0.15, 0.2) is 0 Å². The van der Waals surface area contributed by atoms with Crippen molar-refractivity contribution < 1.29 is 22.7 Å². The van der Waals surface area contributed by atoms with Crippen LogP contribution >= 0.6 is 0 Å². The first kappa shape index (κ1) is 16.3. The van der Waals surface area contributed by atoms with Crippen LogP contribution in [0.5, 0.6) is 0 Å². The van der Waals surface area contributed by atoms with Crippen LogP contribution in [-0.4, -0.2) is 29.2 Å². The highest BCUT2D eigenvalue weighted by molar-refractivity contribution is 5.72. The lowest BCUT2D eigenvalue weighted by Crippen LogP contribution is -2.23. The van der Waals surface area contributed by atoms with Gasteiger partial charge in [-0.2, -0.15) is 0 Å². The van der Waals surface area contributed by atoms with Crippen LogP contribution in [0, 0.1) is 5.92 Å². The van der Waals surface area contributed by atoms with Gasteiger partial charge in [0.25, 0.3) is 0 Å². The quantitative estimate of drug-likeness (QED) is 0.789. The summed E-state index contributed by atoms with van der Waals surface area (Å²) in [6.45, 7) is 0. The Hall–Kier alpha value is -1.53. The summed E-state index contributed by atoms with van der Waals surface area (Å²) in [6, 6.07) is 0.